The second-order valence-electron chi connectivity index (χ2n) is 5.88. The molecule has 2 heteroatoms. The van der Waals surface area contributed by atoms with E-state index in [1.54, 1.807) is 0 Å². The Balaban J connectivity index is 2.09. The number of aryl methyl sites for hydroxylation is 2. The molecule has 0 saturated carbocycles. The van der Waals surface area contributed by atoms with Gasteiger partial charge in [-0.05, 0) is 47.6 Å². The highest BCUT2D eigenvalue weighted by molar-refractivity contribution is 9.08. The Kier molecular flexibility index (Phi) is 5.46. The molecule has 1 nitrogen and oxygen atoms in total. The lowest BCUT2D eigenvalue weighted by atomic mass is 10.0. The van der Waals surface area contributed by atoms with Crippen molar-refractivity contribution in [3.05, 3.63) is 64.2 Å². The quantitative estimate of drug-likeness (QED) is 0.612. The first kappa shape index (κ1) is 16.1. The number of halogens is 1. The molecular weight excluding hydrogens is 324 g/mol. The van der Waals surface area contributed by atoms with Crippen LogP contribution < -0.4 is 4.74 Å². The van der Waals surface area contributed by atoms with Crippen LogP contribution in [-0.2, 0) is 11.9 Å². The third-order valence-corrected chi connectivity index (χ3v) is 4.35. The molecule has 0 amide bonds. The Hall–Kier alpha value is -1.28. The van der Waals surface area contributed by atoms with Crippen LogP contribution in [0.2, 0.25) is 0 Å². The molecule has 0 bridgehead atoms. The van der Waals surface area contributed by atoms with Gasteiger partial charge in [-0.25, -0.2) is 0 Å². The molecule has 0 fully saturated rings. The average molecular weight is 347 g/mol. The molecule has 0 N–H and O–H groups in total. The third-order valence-electron chi connectivity index (χ3n) is 3.70. The molecule has 2 aromatic rings. The van der Waals surface area contributed by atoms with Crippen molar-refractivity contribution >= 4 is 15.9 Å². The van der Waals surface area contributed by atoms with Crippen LogP contribution in [0.25, 0.3) is 0 Å². The van der Waals surface area contributed by atoms with E-state index in [2.05, 4.69) is 80.0 Å². The fraction of sp³-hybridized carbons (Fsp3) is 0.368. The molecule has 112 valence electrons. The van der Waals surface area contributed by atoms with Gasteiger partial charge in [0.05, 0.1) is 0 Å². The predicted octanol–water partition coefficient (Wildman–Crippen LogP) is 5.90. The van der Waals surface area contributed by atoms with Gasteiger partial charge in [-0.15, -0.1) is 0 Å². The van der Waals surface area contributed by atoms with E-state index in [1.807, 2.05) is 0 Å². The molecule has 0 spiro atoms. The lowest BCUT2D eigenvalue weighted by molar-refractivity contribution is 0.302. The predicted molar refractivity (Wildman–Crippen MR) is 93.4 cm³/mol. The molecule has 0 aromatic heterocycles. The highest BCUT2D eigenvalue weighted by Gasteiger charge is 2.07. The first-order valence-corrected chi connectivity index (χ1v) is 8.51. The zero-order valence-electron chi connectivity index (χ0n) is 13.2. The molecular formula is C19H23BrO. The summed E-state index contributed by atoms with van der Waals surface area (Å²) in [5, 5.41) is 0.881. The Morgan fingerprint density at radius 1 is 0.952 bits per heavy atom. The van der Waals surface area contributed by atoms with Crippen molar-refractivity contribution in [3.63, 3.8) is 0 Å². The minimum atomic E-state index is 0.571. The number of ether oxygens (including phenoxy) is 1. The summed E-state index contributed by atoms with van der Waals surface area (Å²) in [5.74, 6) is 1.58. The van der Waals surface area contributed by atoms with Gasteiger partial charge in [-0.1, -0.05) is 66.2 Å². The van der Waals surface area contributed by atoms with Gasteiger partial charge < -0.3 is 4.74 Å². The number of hydrogen-bond donors (Lipinski definition) is 0. The van der Waals surface area contributed by atoms with Crippen molar-refractivity contribution in [2.45, 2.75) is 45.5 Å². The number of alkyl halides is 1. The lowest BCUT2D eigenvalue weighted by Crippen LogP contribution is -2.00. The van der Waals surface area contributed by atoms with Gasteiger partial charge in [0.25, 0.3) is 0 Å². The summed E-state index contributed by atoms with van der Waals surface area (Å²) in [4.78, 5) is 0. The lowest BCUT2D eigenvalue weighted by Gasteiger charge is -2.14. The second-order valence-corrected chi connectivity index (χ2v) is 6.44. The average Bonchev–Trinajstić information content (AvgIpc) is 2.46. The van der Waals surface area contributed by atoms with Gasteiger partial charge in [-0.2, -0.15) is 0 Å². The van der Waals surface area contributed by atoms with Crippen molar-refractivity contribution in [3.8, 4) is 5.75 Å². The van der Waals surface area contributed by atoms with E-state index in [9.17, 15) is 0 Å². The minimum absolute atomic E-state index is 0.571. The molecule has 0 radical (unpaired) electrons. The van der Waals surface area contributed by atoms with Gasteiger partial charge >= 0.3 is 0 Å². The van der Waals surface area contributed by atoms with Crippen LogP contribution in [0.15, 0.2) is 36.4 Å². The first-order chi connectivity index (χ1) is 10.0. The van der Waals surface area contributed by atoms with Gasteiger partial charge in [0.15, 0.2) is 0 Å². The molecule has 0 saturated heterocycles. The SMILES string of the molecule is Cc1cc(CBr)cc(C)c1OCc1ccc(C(C)C)cc1. The maximum atomic E-state index is 6.04. The van der Waals surface area contributed by atoms with Crippen molar-refractivity contribution < 1.29 is 4.74 Å². The Morgan fingerprint density at radius 2 is 1.52 bits per heavy atom. The molecule has 0 aliphatic heterocycles. The molecule has 2 aromatic carbocycles. The zero-order chi connectivity index (χ0) is 15.4. The van der Waals surface area contributed by atoms with Crippen molar-refractivity contribution in [1.29, 1.82) is 0 Å². The largest absolute Gasteiger partial charge is 0.488 e. The van der Waals surface area contributed by atoms with Crippen LogP contribution in [0.3, 0.4) is 0 Å². The molecule has 0 unspecified atom stereocenters. The van der Waals surface area contributed by atoms with E-state index in [1.165, 1.54) is 27.8 Å². The van der Waals surface area contributed by atoms with E-state index in [0.29, 0.717) is 12.5 Å². The Labute approximate surface area is 136 Å². The van der Waals surface area contributed by atoms with Crippen LogP contribution in [0.5, 0.6) is 5.75 Å². The third kappa shape index (κ3) is 4.10. The Morgan fingerprint density at radius 3 is 2.00 bits per heavy atom. The van der Waals surface area contributed by atoms with Crippen molar-refractivity contribution in [1.82, 2.24) is 0 Å². The van der Waals surface area contributed by atoms with Gasteiger partial charge in [0.2, 0.25) is 0 Å². The van der Waals surface area contributed by atoms with Crippen LogP contribution in [-0.4, -0.2) is 0 Å². The molecule has 21 heavy (non-hydrogen) atoms. The number of benzene rings is 2. The van der Waals surface area contributed by atoms with Crippen molar-refractivity contribution in [2.24, 2.45) is 0 Å². The van der Waals surface area contributed by atoms with Crippen LogP contribution >= 0.6 is 15.9 Å². The van der Waals surface area contributed by atoms with Gasteiger partial charge in [0.1, 0.15) is 12.4 Å². The van der Waals surface area contributed by atoms with Crippen molar-refractivity contribution in [2.75, 3.05) is 0 Å². The summed E-state index contributed by atoms with van der Waals surface area (Å²) < 4.78 is 6.04. The van der Waals surface area contributed by atoms with E-state index >= 15 is 0 Å². The maximum Gasteiger partial charge on any atom is 0.125 e. The topological polar surface area (TPSA) is 9.23 Å². The Bertz CT molecular complexity index is 576. The number of rotatable bonds is 5. The fourth-order valence-electron chi connectivity index (χ4n) is 2.50. The summed E-state index contributed by atoms with van der Waals surface area (Å²) in [6.07, 6.45) is 0. The van der Waals surface area contributed by atoms with Gasteiger partial charge in [0, 0.05) is 5.33 Å². The summed E-state index contributed by atoms with van der Waals surface area (Å²) in [6, 6.07) is 13.1. The van der Waals surface area contributed by atoms with Crippen LogP contribution in [0, 0.1) is 13.8 Å². The van der Waals surface area contributed by atoms with E-state index < -0.39 is 0 Å². The summed E-state index contributed by atoms with van der Waals surface area (Å²) in [6.45, 7) is 9.26. The first-order valence-electron chi connectivity index (χ1n) is 7.39. The monoisotopic (exact) mass is 346 g/mol. The summed E-state index contributed by atoms with van der Waals surface area (Å²) >= 11 is 3.50. The normalized spacial score (nSPS) is 11.0. The number of hydrogen-bond acceptors (Lipinski definition) is 1. The highest BCUT2D eigenvalue weighted by atomic mass is 79.9. The zero-order valence-corrected chi connectivity index (χ0v) is 14.8. The van der Waals surface area contributed by atoms with E-state index in [0.717, 1.165) is 11.1 Å². The molecule has 0 aliphatic carbocycles. The fourth-order valence-corrected chi connectivity index (χ4v) is 2.82. The second kappa shape index (κ2) is 7.13. The molecule has 0 atom stereocenters. The van der Waals surface area contributed by atoms with E-state index in [4.69, 9.17) is 4.74 Å². The standard InChI is InChI=1S/C19H23BrO/c1-13(2)18-7-5-16(6-8-18)12-21-19-14(3)9-17(11-20)10-15(19)4/h5-10,13H,11-12H2,1-4H3. The van der Waals surface area contributed by atoms with Gasteiger partial charge in [-0.3, -0.25) is 0 Å². The minimum Gasteiger partial charge on any atom is -0.488 e. The van der Waals surface area contributed by atoms with Crippen LogP contribution in [0.4, 0.5) is 0 Å². The molecule has 0 aliphatic rings. The smallest absolute Gasteiger partial charge is 0.125 e. The molecule has 0 heterocycles. The molecule has 2 rings (SSSR count). The summed E-state index contributed by atoms with van der Waals surface area (Å²) in [5.41, 5.74) is 6.26. The van der Waals surface area contributed by atoms with Crippen LogP contribution in [0.1, 0.15) is 47.6 Å². The maximum absolute atomic E-state index is 6.04. The highest BCUT2D eigenvalue weighted by Crippen LogP contribution is 2.27. The van der Waals surface area contributed by atoms with E-state index in [-0.39, 0.29) is 0 Å². The summed E-state index contributed by atoms with van der Waals surface area (Å²) in [7, 11) is 0.